The van der Waals surface area contributed by atoms with E-state index in [4.69, 9.17) is 14.4 Å². The molecule has 0 amide bonds. The quantitative estimate of drug-likeness (QED) is 0.813. The van der Waals surface area contributed by atoms with Gasteiger partial charge in [-0.25, -0.2) is 4.79 Å². The molecular formula is C10H9NO4. The van der Waals surface area contributed by atoms with Crippen LogP contribution in [-0.4, -0.2) is 23.3 Å². The van der Waals surface area contributed by atoms with Crippen molar-refractivity contribution < 1.29 is 19.2 Å². The molecule has 5 nitrogen and oxygen atoms in total. The Morgan fingerprint density at radius 3 is 2.87 bits per heavy atom. The number of ether oxygens (including phenoxy) is 1. The van der Waals surface area contributed by atoms with Crippen molar-refractivity contribution in [2.75, 3.05) is 7.11 Å². The molecule has 2 rings (SSSR count). The smallest absolute Gasteiger partial charge is 0.339 e. The molecule has 0 aliphatic carbocycles. The largest absolute Gasteiger partial charge is 0.496 e. The van der Waals surface area contributed by atoms with Gasteiger partial charge in [-0.2, -0.15) is 0 Å². The predicted octanol–water partition coefficient (Wildman–Crippen LogP) is 1.84. The molecule has 1 heterocycles. The zero-order valence-electron chi connectivity index (χ0n) is 8.27. The predicted molar refractivity (Wildman–Crippen MR) is 52.3 cm³/mol. The highest BCUT2D eigenvalue weighted by molar-refractivity contribution is 5.96. The second-order valence-electron chi connectivity index (χ2n) is 3.12. The Morgan fingerprint density at radius 2 is 2.27 bits per heavy atom. The molecule has 0 saturated carbocycles. The molecule has 0 saturated heterocycles. The number of nitrogens with zero attached hydrogens (tertiary/aromatic N) is 1. The molecule has 1 aromatic heterocycles. The summed E-state index contributed by atoms with van der Waals surface area (Å²) in [5, 5.41) is 13.4. The van der Waals surface area contributed by atoms with Crippen LogP contribution in [0.2, 0.25) is 0 Å². The summed E-state index contributed by atoms with van der Waals surface area (Å²) in [7, 11) is 1.41. The Hall–Kier alpha value is -2.04. The molecule has 1 N–H and O–H groups in total. The van der Waals surface area contributed by atoms with E-state index in [1.807, 2.05) is 0 Å². The summed E-state index contributed by atoms with van der Waals surface area (Å²) >= 11 is 0. The monoisotopic (exact) mass is 207 g/mol. The number of methoxy groups -OCH3 is 1. The number of carboxylic acids is 1. The first-order valence-corrected chi connectivity index (χ1v) is 4.31. The SMILES string of the molecule is COc1cc2onc(C)c2cc1C(=O)O. The lowest BCUT2D eigenvalue weighted by Gasteiger charge is -2.03. The van der Waals surface area contributed by atoms with E-state index in [1.165, 1.54) is 19.2 Å². The van der Waals surface area contributed by atoms with E-state index in [9.17, 15) is 4.79 Å². The van der Waals surface area contributed by atoms with Crippen molar-refractivity contribution in [2.24, 2.45) is 0 Å². The summed E-state index contributed by atoms with van der Waals surface area (Å²) in [4.78, 5) is 10.9. The molecule has 0 atom stereocenters. The van der Waals surface area contributed by atoms with Gasteiger partial charge in [-0.15, -0.1) is 0 Å². The van der Waals surface area contributed by atoms with E-state index in [2.05, 4.69) is 5.16 Å². The zero-order valence-corrected chi connectivity index (χ0v) is 8.27. The van der Waals surface area contributed by atoms with Crippen molar-refractivity contribution in [3.05, 3.63) is 23.4 Å². The van der Waals surface area contributed by atoms with E-state index in [0.29, 0.717) is 16.7 Å². The Morgan fingerprint density at radius 1 is 1.53 bits per heavy atom. The molecule has 0 radical (unpaired) electrons. The van der Waals surface area contributed by atoms with E-state index < -0.39 is 5.97 Å². The fourth-order valence-corrected chi connectivity index (χ4v) is 1.42. The molecule has 5 heteroatoms. The number of aromatic nitrogens is 1. The van der Waals surface area contributed by atoms with Gasteiger partial charge in [-0.1, -0.05) is 5.16 Å². The molecular weight excluding hydrogens is 198 g/mol. The third-order valence-corrected chi connectivity index (χ3v) is 2.20. The van der Waals surface area contributed by atoms with Crippen molar-refractivity contribution in [3.8, 4) is 5.75 Å². The number of aromatic carboxylic acids is 1. The zero-order chi connectivity index (χ0) is 11.0. The molecule has 0 aliphatic heterocycles. The molecule has 1 aromatic carbocycles. The van der Waals surface area contributed by atoms with Gasteiger partial charge in [0.2, 0.25) is 0 Å². The lowest BCUT2D eigenvalue weighted by atomic mass is 10.1. The third kappa shape index (κ3) is 1.41. The Balaban J connectivity index is 2.77. The van der Waals surface area contributed by atoms with Gasteiger partial charge in [-0.05, 0) is 13.0 Å². The number of hydrogen-bond acceptors (Lipinski definition) is 4. The van der Waals surface area contributed by atoms with E-state index in [0.717, 1.165) is 0 Å². The standard InChI is InChI=1S/C10H9NO4/c1-5-6-3-7(10(12)13)8(14-2)4-9(6)15-11-5/h3-4H,1-2H3,(H,12,13). The maximum Gasteiger partial charge on any atom is 0.339 e. The third-order valence-electron chi connectivity index (χ3n) is 2.20. The second-order valence-corrected chi connectivity index (χ2v) is 3.12. The number of hydrogen-bond donors (Lipinski definition) is 1. The van der Waals surface area contributed by atoms with Crippen LogP contribution in [0.3, 0.4) is 0 Å². The number of carbonyl (C=O) groups is 1. The van der Waals surface area contributed by atoms with Crippen LogP contribution in [0.4, 0.5) is 0 Å². The molecule has 78 valence electrons. The topological polar surface area (TPSA) is 72.6 Å². The van der Waals surface area contributed by atoms with Crippen LogP contribution in [0.25, 0.3) is 11.0 Å². The second kappa shape index (κ2) is 3.27. The Labute approximate surface area is 85.2 Å². The van der Waals surface area contributed by atoms with Crippen LogP contribution >= 0.6 is 0 Å². The Bertz CT molecular complexity index is 529. The molecule has 0 bridgehead atoms. The van der Waals surface area contributed by atoms with Gasteiger partial charge < -0.3 is 14.4 Å². The van der Waals surface area contributed by atoms with E-state index in [-0.39, 0.29) is 11.3 Å². The summed E-state index contributed by atoms with van der Waals surface area (Å²) in [6, 6.07) is 3.03. The van der Waals surface area contributed by atoms with Gasteiger partial charge in [0.05, 0.1) is 12.8 Å². The summed E-state index contributed by atoms with van der Waals surface area (Å²) in [6.45, 7) is 1.75. The van der Waals surface area contributed by atoms with Gasteiger partial charge in [0.15, 0.2) is 5.58 Å². The van der Waals surface area contributed by atoms with Gasteiger partial charge in [-0.3, -0.25) is 0 Å². The first-order chi connectivity index (χ1) is 7.13. The highest BCUT2D eigenvalue weighted by Gasteiger charge is 2.15. The van der Waals surface area contributed by atoms with Gasteiger partial charge in [0.25, 0.3) is 0 Å². The van der Waals surface area contributed by atoms with Crippen LogP contribution in [0.15, 0.2) is 16.7 Å². The van der Waals surface area contributed by atoms with Gasteiger partial charge >= 0.3 is 5.97 Å². The van der Waals surface area contributed by atoms with Crippen molar-refractivity contribution in [3.63, 3.8) is 0 Å². The highest BCUT2D eigenvalue weighted by atomic mass is 16.5. The van der Waals surface area contributed by atoms with Gasteiger partial charge in [0.1, 0.15) is 11.3 Å². The molecule has 0 fully saturated rings. The maximum atomic E-state index is 10.9. The van der Waals surface area contributed by atoms with Crippen LogP contribution in [0.5, 0.6) is 5.75 Å². The molecule has 2 aromatic rings. The fourth-order valence-electron chi connectivity index (χ4n) is 1.42. The number of fused-ring (bicyclic) bond motifs is 1. The van der Waals surface area contributed by atoms with Crippen molar-refractivity contribution in [2.45, 2.75) is 6.92 Å². The highest BCUT2D eigenvalue weighted by Crippen LogP contribution is 2.27. The number of aryl methyl sites for hydroxylation is 1. The average molecular weight is 207 g/mol. The summed E-state index contributed by atoms with van der Waals surface area (Å²) in [5.41, 5.74) is 1.29. The first kappa shape index (κ1) is 9.51. The first-order valence-electron chi connectivity index (χ1n) is 4.31. The summed E-state index contributed by atoms with van der Waals surface area (Å²) in [5.74, 6) is -0.763. The number of benzene rings is 1. The summed E-state index contributed by atoms with van der Waals surface area (Å²) < 4.78 is 9.96. The molecule has 15 heavy (non-hydrogen) atoms. The Kier molecular flexibility index (Phi) is 2.07. The number of rotatable bonds is 2. The summed E-state index contributed by atoms with van der Waals surface area (Å²) in [6.07, 6.45) is 0. The van der Waals surface area contributed by atoms with Gasteiger partial charge in [0, 0.05) is 11.5 Å². The maximum absolute atomic E-state index is 10.9. The van der Waals surface area contributed by atoms with Crippen LogP contribution in [0.1, 0.15) is 16.1 Å². The molecule has 0 spiro atoms. The average Bonchev–Trinajstić information content (AvgIpc) is 2.58. The van der Waals surface area contributed by atoms with Crippen molar-refractivity contribution in [1.82, 2.24) is 5.16 Å². The van der Waals surface area contributed by atoms with E-state index >= 15 is 0 Å². The van der Waals surface area contributed by atoms with Crippen LogP contribution in [-0.2, 0) is 0 Å². The minimum absolute atomic E-state index is 0.108. The van der Waals surface area contributed by atoms with Crippen LogP contribution in [0, 0.1) is 6.92 Å². The van der Waals surface area contributed by atoms with Crippen molar-refractivity contribution in [1.29, 1.82) is 0 Å². The van der Waals surface area contributed by atoms with Crippen LogP contribution < -0.4 is 4.74 Å². The lowest BCUT2D eigenvalue weighted by molar-refractivity contribution is 0.0693. The number of carboxylic acid groups (broad SMARTS) is 1. The lowest BCUT2D eigenvalue weighted by Crippen LogP contribution is -2.00. The molecule has 0 unspecified atom stereocenters. The van der Waals surface area contributed by atoms with Crippen molar-refractivity contribution >= 4 is 16.9 Å². The van der Waals surface area contributed by atoms with E-state index in [1.54, 1.807) is 6.92 Å². The fraction of sp³-hybridized carbons (Fsp3) is 0.200. The minimum atomic E-state index is -1.03. The minimum Gasteiger partial charge on any atom is -0.496 e. The normalized spacial score (nSPS) is 10.5. The molecule has 0 aliphatic rings.